The van der Waals surface area contributed by atoms with Crippen molar-refractivity contribution in [1.82, 2.24) is 4.31 Å². The van der Waals surface area contributed by atoms with E-state index in [4.69, 9.17) is 4.74 Å². The van der Waals surface area contributed by atoms with E-state index in [1.165, 1.54) is 17.7 Å². The molecule has 1 fully saturated rings. The van der Waals surface area contributed by atoms with E-state index in [2.05, 4.69) is 5.32 Å². The number of hydrogen-bond acceptors (Lipinski definition) is 5. The van der Waals surface area contributed by atoms with E-state index in [1.807, 2.05) is 0 Å². The summed E-state index contributed by atoms with van der Waals surface area (Å²) in [6.45, 7) is 0.135. The van der Waals surface area contributed by atoms with Crippen molar-refractivity contribution in [2.45, 2.75) is 44.6 Å². The maximum Gasteiger partial charge on any atom is 0.339 e. The molecule has 1 aromatic carbocycles. The molecule has 0 radical (unpaired) electrons. The Morgan fingerprint density at radius 2 is 1.85 bits per heavy atom. The summed E-state index contributed by atoms with van der Waals surface area (Å²) in [5, 5.41) is 2.67. The average molecular weight is 382 g/mol. The third-order valence-electron chi connectivity index (χ3n) is 4.57. The predicted molar refractivity (Wildman–Crippen MR) is 99.5 cm³/mol. The van der Waals surface area contributed by atoms with Gasteiger partial charge < -0.3 is 10.1 Å². The number of sulfonamides is 1. The molecule has 7 nitrogen and oxygen atoms in total. The van der Waals surface area contributed by atoms with Crippen LogP contribution in [-0.2, 0) is 19.6 Å². The third kappa shape index (κ3) is 5.54. The van der Waals surface area contributed by atoms with Crippen LogP contribution in [0, 0.1) is 0 Å². The molecule has 144 valence electrons. The number of carbonyl (C=O) groups is 2. The first-order valence-corrected chi connectivity index (χ1v) is 10.6. The number of methoxy groups -OCH3 is 1. The second-order valence-corrected chi connectivity index (χ2v) is 8.44. The lowest BCUT2D eigenvalue weighted by molar-refractivity contribution is -0.116. The highest BCUT2D eigenvalue weighted by molar-refractivity contribution is 7.88. The van der Waals surface area contributed by atoms with Gasteiger partial charge in [-0.15, -0.1) is 0 Å². The van der Waals surface area contributed by atoms with Gasteiger partial charge in [0.25, 0.3) is 0 Å². The van der Waals surface area contributed by atoms with Gasteiger partial charge >= 0.3 is 5.97 Å². The molecule has 8 heteroatoms. The molecule has 0 unspecified atom stereocenters. The summed E-state index contributed by atoms with van der Waals surface area (Å²) >= 11 is 0. The van der Waals surface area contributed by atoms with Crippen molar-refractivity contribution >= 4 is 27.6 Å². The maximum atomic E-state index is 12.3. The first-order valence-electron chi connectivity index (χ1n) is 8.77. The molecule has 1 saturated carbocycles. The average Bonchev–Trinajstić information content (AvgIpc) is 2.61. The number of benzene rings is 1. The van der Waals surface area contributed by atoms with Gasteiger partial charge in [0.2, 0.25) is 15.9 Å². The summed E-state index contributed by atoms with van der Waals surface area (Å²) in [5.74, 6) is -0.883. The summed E-state index contributed by atoms with van der Waals surface area (Å²) in [5.41, 5.74) is 0.614. The van der Waals surface area contributed by atoms with Crippen LogP contribution in [0.3, 0.4) is 0 Å². The van der Waals surface area contributed by atoms with Crippen LogP contribution < -0.4 is 5.32 Å². The molecule has 2 rings (SSSR count). The van der Waals surface area contributed by atoms with Crippen LogP contribution in [0.2, 0.25) is 0 Å². The van der Waals surface area contributed by atoms with Gasteiger partial charge in [0, 0.05) is 19.0 Å². The normalized spacial score (nSPS) is 15.7. The minimum atomic E-state index is -3.38. The lowest BCUT2D eigenvalue weighted by Crippen LogP contribution is -2.42. The largest absolute Gasteiger partial charge is 0.465 e. The number of nitrogens with zero attached hydrogens (tertiary/aromatic N) is 1. The molecule has 26 heavy (non-hydrogen) atoms. The molecule has 0 atom stereocenters. The number of amides is 1. The number of anilines is 1. The summed E-state index contributed by atoms with van der Waals surface area (Å²) in [7, 11) is -2.11. The molecule has 1 amide bonds. The number of nitrogens with one attached hydrogen (secondary N) is 1. The second-order valence-electron chi connectivity index (χ2n) is 6.50. The quantitative estimate of drug-likeness (QED) is 0.731. The van der Waals surface area contributed by atoms with Crippen LogP contribution in [0.5, 0.6) is 0 Å². The van der Waals surface area contributed by atoms with Gasteiger partial charge in [-0.2, -0.15) is 4.31 Å². The molecular formula is C18H26N2O5S. The van der Waals surface area contributed by atoms with Crippen molar-refractivity contribution < 1.29 is 22.7 Å². The van der Waals surface area contributed by atoms with E-state index in [9.17, 15) is 18.0 Å². The van der Waals surface area contributed by atoms with Crippen LogP contribution in [0.4, 0.5) is 5.69 Å². The van der Waals surface area contributed by atoms with Crippen molar-refractivity contribution in [3.63, 3.8) is 0 Å². The molecule has 1 aliphatic rings. The Hall–Kier alpha value is -1.93. The van der Waals surface area contributed by atoms with E-state index in [1.54, 1.807) is 24.3 Å². The van der Waals surface area contributed by atoms with Gasteiger partial charge in [-0.1, -0.05) is 31.4 Å². The van der Waals surface area contributed by atoms with E-state index in [0.717, 1.165) is 32.1 Å². The monoisotopic (exact) mass is 382 g/mol. The predicted octanol–water partition coefficient (Wildman–Crippen LogP) is 2.40. The summed E-state index contributed by atoms with van der Waals surface area (Å²) < 4.78 is 30.4. The molecular weight excluding hydrogens is 356 g/mol. The molecule has 0 heterocycles. The third-order valence-corrected chi connectivity index (χ3v) is 5.91. The number of carbonyl (C=O) groups excluding carboxylic acids is 2. The zero-order chi connectivity index (χ0) is 19.2. The molecule has 0 aliphatic heterocycles. The lowest BCUT2D eigenvalue weighted by atomic mass is 9.95. The Morgan fingerprint density at radius 3 is 2.46 bits per heavy atom. The van der Waals surface area contributed by atoms with Gasteiger partial charge in [-0.3, -0.25) is 4.79 Å². The smallest absolute Gasteiger partial charge is 0.339 e. The zero-order valence-electron chi connectivity index (χ0n) is 15.2. The number of ether oxygens (including phenoxy) is 1. The number of rotatable bonds is 7. The van der Waals surface area contributed by atoms with Crippen molar-refractivity contribution in [3.05, 3.63) is 29.8 Å². The minimum absolute atomic E-state index is 0.0269. The second kappa shape index (κ2) is 9.14. The first-order chi connectivity index (χ1) is 12.3. The molecule has 1 aliphatic carbocycles. The number of para-hydroxylation sites is 1. The van der Waals surface area contributed by atoms with E-state index in [0.29, 0.717) is 5.69 Å². The van der Waals surface area contributed by atoms with Gasteiger partial charge in [-0.05, 0) is 25.0 Å². The fourth-order valence-electron chi connectivity index (χ4n) is 3.29. The van der Waals surface area contributed by atoms with Crippen LogP contribution in [0.1, 0.15) is 48.9 Å². The van der Waals surface area contributed by atoms with Crippen molar-refractivity contribution in [1.29, 1.82) is 0 Å². The van der Waals surface area contributed by atoms with E-state index >= 15 is 0 Å². The number of hydrogen-bond donors (Lipinski definition) is 1. The highest BCUT2D eigenvalue weighted by atomic mass is 32.2. The van der Waals surface area contributed by atoms with Gasteiger partial charge in [-0.25, -0.2) is 13.2 Å². The zero-order valence-corrected chi connectivity index (χ0v) is 16.0. The van der Waals surface area contributed by atoms with Crippen molar-refractivity contribution in [2.24, 2.45) is 0 Å². The minimum Gasteiger partial charge on any atom is -0.465 e. The molecule has 0 aromatic heterocycles. The summed E-state index contributed by atoms with van der Waals surface area (Å²) in [4.78, 5) is 24.1. The number of esters is 1. The Morgan fingerprint density at radius 1 is 1.19 bits per heavy atom. The van der Waals surface area contributed by atoms with Crippen LogP contribution in [-0.4, -0.2) is 50.6 Å². The van der Waals surface area contributed by atoms with Crippen LogP contribution in [0.15, 0.2) is 24.3 Å². The fraction of sp³-hybridized carbons (Fsp3) is 0.556. The summed E-state index contributed by atoms with van der Waals surface area (Å²) in [6, 6.07) is 6.52. The van der Waals surface area contributed by atoms with Gasteiger partial charge in [0.05, 0.1) is 24.6 Å². The standard InChI is InChI=1S/C18H26N2O5S/c1-25-18(22)15-10-6-7-11-16(15)19-17(21)12-13-20(26(2,23)24)14-8-4-3-5-9-14/h6-7,10-11,14H,3-5,8-9,12-13H2,1-2H3,(H,19,21). The Labute approximate surface area is 154 Å². The van der Waals surface area contributed by atoms with Crippen molar-refractivity contribution in [2.75, 3.05) is 25.2 Å². The van der Waals surface area contributed by atoms with Gasteiger partial charge in [0.15, 0.2) is 0 Å². The fourth-order valence-corrected chi connectivity index (χ4v) is 4.47. The van der Waals surface area contributed by atoms with Crippen LogP contribution >= 0.6 is 0 Å². The Kier molecular flexibility index (Phi) is 7.16. The van der Waals surface area contributed by atoms with Crippen molar-refractivity contribution in [3.8, 4) is 0 Å². The van der Waals surface area contributed by atoms with Gasteiger partial charge in [0.1, 0.15) is 0 Å². The molecule has 1 aromatic rings. The molecule has 1 N–H and O–H groups in total. The molecule has 0 bridgehead atoms. The van der Waals surface area contributed by atoms with E-state index < -0.39 is 16.0 Å². The maximum absolute atomic E-state index is 12.3. The Balaban J connectivity index is 2.02. The Bertz CT molecular complexity index is 742. The molecule has 0 saturated heterocycles. The highest BCUT2D eigenvalue weighted by Crippen LogP contribution is 2.24. The van der Waals surface area contributed by atoms with Crippen LogP contribution in [0.25, 0.3) is 0 Å². The lowest BCUT2D eigenvalue weighted by Gasteiger charge is -2.32. The summed E-state index contributed by atoms with van der Waals surface area (Å²) in [6.07, 6.45) is 6.02. The first kappa shape index (κ1) is 20.4. The highest BCUT2D eigenvalue weighted by Gasteiger charge is 2.28. The van der Waals surface area contributed by atoms with E-state index in [-0.39, 0.29) is 30.5 Å². The molecule has 0 spiro atoms. The topological polar surface area (TPSA) is 92.8 Å². The SMILES string of the molecule is COC(=O)c1ccccc1NC(=O)CCN(C1CCCCC1)S(C)(=O)=O.